The van der Waals surface area contributed by atoms with E-state index in [2.05, 4.69) is 0 Å². The van der Waals surface area contributed by atoms with Crippen LogP contribution in [0.1, 0.15) is 46.0 Å². The van der Waals surface area contributed by atoms with Crippen molar-refractivity contribution in [1.82, 2.24) is 4.90 Å². The van der Waals surface area contributed by atoms with Gasteiger partial charge in [0.1, 0.15) is 6.04 Å². The van der Waals surface area contributed by atoms with Crippen molar-refractivity contribution in [2.45, 2.75) is 58.1 Å². The lowest BCUT2D eigenvalue weighted by atomic mass is 9.79. The Kier molecular flexibility index (Phi) is 5.40. The van der Waals surface area contributed by atoms with Crippen LogP contribution in [0.4, 0.5) is 0 Å². The van der Waals surface area contributed by atoms with Crippen molar-refractivity contribution in [3.8, 4) is 0 Å². The Morgan fingerprint density at radius 3 is 2.60 bits per heavy atom. The number of hydrogen-bond donors (Lipinski definition) is 0. The quantitative estimate of drug-likeness (QED) is 0.697. The molecule has 114 valence electrons. The van der Waals surface area contributed by atoms with E-state index in [-0.39, 0.29) is 17.9 Å². The van der Waals surface area contributed by atoms with Gasteiger partial charge in [-0.2, -0.15) is 0 Å². The molecule has 0 spiro atoms. The molecule has 20 heavy (non-hydrogen) atoms. The zero-order valence-corrected chi connectivity index (χ0v) is 12.5. The van der Waals surface area contributed by atoms with Crippen LogP contribution < -0.4 is 0 Å². The Morgan fingerprint density at radius 2 is 1.95 bits per heavy atom. The molecule has 5 heteroatoms. The van der Waals surface area contributed by atoms with Gasteiger partial charge in [0.2, 0.25) is 5.91 Å². The maximum absolute atomic E-state index is 12.3. The van der Waals surface area contributed by atoms with Crippen LogP contribution in [-0.2, 0) is 19.1 Å². The molecule has 2 fully saturated rings. The molecule has 5 nitrogen and oxygen atoms in total. The van der Waals surface area contributed by atoms with Gasteiger partial charge in [-0.25, -0.2) is 4.79 Å². The lowest BCUT2D eigenvalue weighted by Crippen LogP contribution is -2.43. The fraction of sp³-hybridized carbons (Fsp3) is 0.867. The van der Waals surface area contributed by atoms with E-state index in [0.717, 1.165) is 32.3 Å². The standard InChI is InChI=1S/C15H25NO4/c1-3-19-12-8-11(9-12)10-14(17)16-7-5-6-13(16)15(18)20-4-2/h11-13H,3-10H2,1-2H3. The van der Waals surface area contributed by atoms with Crippen LogP contribution in [0.2, 0.25) is 0 Å². The Morgan fingerprint density at radius 1 is 1.20 bits per heavy atom. The van der Waals surface area contributed by atoms with Crippen LogP contribution in [0.5, 0.6) is 0 Å². The molecule has 0 bridgehead atoms. The van der Waals surface area contributed by atoms with E-state index >= 15 is 0 Å². The summed E-state index contributed by atoms with van der Waals surface area (Å²) >= 11 is 0. The largest absolute Gasteiger partial charge is 0.464 e. The summed E-state index contributed by atoms with van der Waals surface area (Å²) in [6.45, 7) is 5.58. The van der Waals surface area contributed by atoms with Gasteiger partial charge in [0.05, 0.1) is 12.7 Å². The van der Waals surface area contributed by atoms with Gasteiger partial charge in [-0.05, 0) is 45.4 Å². The van der Waals surface area contributed by atoms with E-state index in [0.29, 0.717) is 31.6 Å². The number of carbonyl (C=O) groups excluding carboxylic acids is 2. The molecule has 1 unspecified atom stereocenters. The molecular formula is C15H25NO4. The highest BCUT2D eigenvalue weighted by molar-refractivity contribution is 5.85. The maximum Gasteiger partial charge on any atom is 0.328 e. The number of amides is 1. The molecule has 2 aliphatic rings. The van der Waals surface area contributed by atoms with Gasteiger partial charge in [0.15, 0.2) is 0 Å². The van der Waals surface area contributed by atoms with Crippen molar-refractivity contribution in [2.24, 2.45) is 5.92 Å². The van der Waals surface area contributed by atoms with Crippen LogP contribution in [0.15, 0.2) is 0 Å². The van der Waals surface area contributed by atoms with Gasteiger partial charge in [-0.1, -0.05) is 0 Å². The average molecular weight is 283 g/mol. The maximum atomic E-state index is 12.3. The number of likely N-dealkylation sites (tertiary alicyclic amines) is 1. The van der Waals surface area contributed by atoms with Crippen molar-refractivity contribution in [1.29, 1.82) is 0 Å². The molecule has 1 saturated heterocycles. The minimum atomic E-state index is -0.356. The van der Waals surface area contributed by atoms with E-state index in [1.807, 2.05) is 6.92 Å². The van der Waals surface area contributed by atoms with Gasteiger partial charge in [0.25, 0.3) is 0 Å². The molecule has 1 aliphatic heterocycles. The SMILES string of the molecule is CCOC(=O)C1CCCN1C(=O)CC1CC(OCC)C1. The minimum Gasteiger partial charge on any atom is -0.464 e. The zero-order valence-electron chi connectivity index (χ0n) is 12.5. The molecule has 2 rings (SSSR count). The van der Waals surface area contributed by atoms with Crippen molar-refractivity contribution < 1.29 is 19.1 Å². The zero-order chi connectivity index (χ0) is 14.5. The predicted molar refractivity (Wildman–Crippen MR) is 74.1 cm³/mol. The molecule has 0 aromatic rings. The van der Waals surface area contributed by atoms with Gasteiger partial charge < -0.3 is 14.4 Å². The molecule has 0 aromatic heterocycles. The molecule has 0 radical (unpaired) electrons. The van der Waals surface area contributed by atoms with E-state index in [1.54, 1.807) is 11.8 Å². The van der Waals surface area contributed by atoms with Gasteiger partial charge in [0, 0.05) is 19.6 Å². The van der Waals surface area contributed by atoms with Crippen molar-refractivity contribution >= 4 is 11.9 Å². The summed E-state index contributed by atoms with van der Waals surface area (Å²) in [6, 6.07) is -0.356. The summed E-state index contributed by atoms with van der Waals surface area (Å²) in [6.07, 6.45) is 4.43. The Balaban J connectivity index is 1.78. The fourth-order valence-corrected chi connectivity index (χ4v) is 3.13. The first-order valence-corrected chi connectivity index (χ1v) is 7.73. The average Bonchev–Trinajstić information content (AvgIpc) is 2.85. The van der Waals surface area contributed by atoms with Gasteiger partial charge in [-0.3, -0.25) is 4.79 Å². The summed E-state index contributed by atoms with van der Waals surface area (Å²) < 4.78 is 10.6. The van der Waals surface area contributed by atoms with E-state index in [9.17, 15) is 9.59 Å². The second-order valence-electron chi connectivity index (χ2n) is 5.62. The number of hydrogen-bond acceptors (Lipinski definition) is 4. The monoisotopic (exact) mass is 283 g/mol. The summed E-state index contributed by atoms with van der Waals surface area (Å²) in [4.78, 5) is 25.9. The smallest absolute Gasteiger partial charge is 0.328 e. The third-order valence-corrected chi connectivity index (χ3v) is 4.19. The van der Waals surface area contributed by atoms with Crippen LogP contribution in [0.3, 0.4) is 0 Å². The second kappa shape index (κ2) is 7.07. The Labute approximate surface area is 120 Å². The lowest BCUT2D eigenvalue weighted by Gasteiger charge is -2.35. The van der Waals surface area contributed by atoms with Crippen LogP contribution in [0.25, 0.3) is 0 Å². The number of esters is 1. The number of carbonyl (C=O) groups is 2. The number of nitrogens with zero attached hydrogens (tertiary/aromatic N) is 1. The second-order valence-corrected chi connectivity index (χ2v) is 5.62. The Hall–Kier alpha value is -1.10. The molecule has 1 amide bonds. The lowest BCUT2D eigenvalue weighted by molar-refractivity contribution is -0.153. The summed E-state index contributed by atoms with van der Waals surface area (Å²) in [5.41, 5.74) is 0. The third-order valence-electron chi connectivity index (χ3n) is 4.19. The van der Waals surface area contributed by atoms with E-state index in [1.165, 1.54) is 0 Å². The highest BCUT2D eigenvalue weighted by Crippen LogP contribution is 2.34. The third kappa shape index (κ3) is 3.51. The van der Waals surface area contributed by atoms with Crippen LogP contribution in [-0.4, -0.2) is 48.7 Å². The first kappa shape index (κ1) is 15.3. The minimum absolute atomic E-state index is 0.0977. The fourth-order valence-electron chi connectivity index (χ4n) is 3.13. The molecule has 0 N–H and O–H groups in total. The van der Waals surface area contributed by atoms with Gasteiger partial charge in [-0.15, -0.1) is 0 Å². The highest BCUT2D eigenvalue weighted by atomic mass is 16.5. The molecular weight excluding hydrogens is 258 g/mol. The van der Waals surface area contributed by atoms with Crippen LogP contribution in [0, 0.1) is 5.92 Å². The van der Waals surface area contributed by atoms with Crippen molar-refractivity contribution in [3.05, 3.63) is 0 Å². The van der Waals surface area contributed by atoms with E-state index < -0.39 is 0 Å². The molecule has 1 atom stereocenters. The first-order chi connectivity index (χ1) is 9.65. The van der Waals surface area contributed by atoms with Crippen molar-refractivity contribution in [2.75, 3.05) is 19.8 Å². The highest BCUT2D eigenvalue weighted by Gasteiger charge is 2.38. The summed E-state index contributed by atoms with van der Waals surface area (Å²) in [7, 11) is 0. The molecule has 0 aromatic carbocycles. The normalized spacial score (nSPS) is 29.1. The molecule has 1 saturated carbocycles. The van der Waals surface area contributed by atoms with Gasteiger partial charge >= 0.3 is 5.97 Å². The number of ether oxygens (including phenoxy) is 2. The van der Waals surface area contributed by atoms with Crippen molar-refractivity contribution in [3.63, 3.8) is 0 Å². The Bertz CT molecular complexity index is 352. The number of rotatable bonds is 6. The van der Waals surface area contributed by atoms with E-state index in [4.69, 9.17) is 9.47 Å². The molecule has 1 heterocycles. The topological polar surface area (TPSA) is 55.8 Å². The van der Waals surface area contributed by atoms with Crippen LogP contribution >= 0.6 is 0 Å². The summed E-state index contributed by atoms with van der Waals surface area (Å²) in [5.74, 6) is 0.266. The predicted octanol–water partition coefficient (Wildman–Crippen LogP) is 1.75. The summed E-state index contributed by atoms with van der Waals surface area (Å²) in [5, 5.41) is 0. The molecule has 1 aliphatic carbocycles. The first-order valence-electron chi connectivity index (χ1n) is 7.73.